The molecule has 1 aliphatic heterocycles. The first-order chi connectivity index (χ1) is 9.11. The number of hydroxylamine groups is 1. The molecule has 0 saturated carbocycles. The monoisotopic (exact) mass is 263 g/mol. The van der Waals surface area contributed by atoms with Crippen molar-refractivity contribution in [3.63, 3.8) is 0 Å². The Labute approximate surface area is 111 Å². The van der Waals surface area contributed by atoms with Crippen LogP contribution in [0.4, 0.5) is 5.69 Å². The van der Waals surface area contributed by atoms with Crippen LogP contribution in [0.1, 0.15) is 5.56 Å². The third kappa shape index (κ3) is 3.10. The maximum absolute atomic E-state index is 11.7. The Morgan fingerprint density at radius 1 is 1.26 bits per heavy atom. The number of amides is 2. The van der Waals surface area contributed by atoms with Gasteiger partial charge in [-0.3, -0.25) is 14.5 Å². The van der Waals surface area contributed by atoms with Gasteiger partial charge in [-0.25, -0.2) is 0 Å². The Hall–Kier alpha value is -1.92. The van der Waals surface area contributed by atoms with Gasteiger partial charge in [0.2, 0.25) is 11.8 Å². The van der Waals surface area contributed by atoms with E-state index in [4.69, 9.17) is 4.84 Å². The molecule has 2 rings (SSSR count). The van der Waals surface area contributed by atoms with E-state index in [2.05, 4.69) is 5.48 Å². The number of anilines is 1. The number of carbonyl (C=O) groups excluding carboxylic acids is 2. The molecule has 0 unspecified atom stereocenters. The fourth-order valence-electron chi connectivity index (χ4n) is 1.93. The van der Waals surface area contributed by atoms with Crippen LogP contribution in [0.2, 0.25) is 0 Å². The molecule has 6 heteroatoms. The fourth-order valence-corrected chi connectivity index (χ4v) is 1.93. The second-order valence-electron chi connectivity index (χ2n) is 4.40. The molecule has 1 aromatic rings. The average molecular weight is 263 g/mol. The van der Waals surface area contributed by atoms with E-state index in [1.165, 1.54) is 11.9 Å². The van der Waals surface area contributed by atoms with Crippen molar-refractivity contribution < 1.29 is 14.4 Å². The van der Waals surface area contributed by atoms with Gasteiger partial charge in [0, 0.05) is 19.3 Å². The van der Waals surface area contributed by atoms with Crippen molar-refractivity contribution in [3.8, 4) is 0 Å². The maximum Gasteiger partial charge on any atom is 0.248 e. The number of likely N-dealkylation sites (N-methyl/N-ethyl adjacent to an activating group) is 1. The molecule has 0 radical (unpaired) electrons. The van der Waals surface area contributed by atoms with Crippen LogP contribution >= 0.6 is 0 Å². The molecule has 19 heavy (non-hydrogen) atoms. The van der Waals surface area contributed by atoms with Crippen molar-refractivity contribution in [3.05, 3.63) is 29.8 Å². The summed E-state index contributed by atoms with van der Waals surface area (Å²) in [4.78, 5) is 31.1. The number of nitrogens with zero attached hydrogens (tertiary/aromatic N) is 2. The van der Waals surface area contributed by atoms with E-state index in [-0.39, 0.29) is 24.9 Å². The zero-order valence-corrected chi connectivity index (χ0v) is 11.0. The molecule has 6 nitrogen and oxygen atoms in total. The fraction of sp³-hybridized carbons (Fsp3) is 0.385. The van der Waals surface area contributed by atoms with Crippen LogP contribution in [0, 0.1) is 0 Å². The summed E-state index contributed by atoms with van der Waals surface area (Å²) in [6.07, 6.45) is 0. The number of carbonyl (C=O) groups is 2. The molecule has 1 saturated heterocycles. The third-order valence-corrected chi connectivity index (χ3v) is 3.10. The lowest BCUT2D eigenvalue weighted by atomic mass is 10.1. The molecule has 1 aliphatic rings. The zero-order valence-electron chi connectivity index (χ0n) is 11.0. The van der Waals surface area contributed by atoms with Crippen LogP contribution in [-0.2, 0) is 21.0 Å². The summed E-state index contributed by atoms with van der Waals surface area (Å²) in [7, 11) is 3.07. The second-order valence-corrected chi connectivity index (χ2v) is 4.40. The molecule has 2 amide bonds. The van der Waals surface area contributed by atoms with Crippen LogP contribution < -0.4 is 10.4 Å². The van der Waals surface area contributed by atoms with E-state index in [1.54, 1.807) is 12.0 Å². The predicted molar refractivity (Wildman–Crippen MR) is 70.3 cm³/mol. The van der Waals surface area contributed by atoms with Gasteiger partial charge in [-0.15, -0.1) is 0 Å². The van der Waals surface area contributed by atoms with Crippen molar-refractivity contribution >= 4 is 17.5 Å². The molecule has 102 valence electrons. The molecule has 0 aromatic heterocycles. The molecule has 1 fully saturated rings. The van der Waals surface area contributed by atoms with Crippen LogP contribution in [-0.4, -0.2) is 44.0 Å². The van der Waals surface area contributed by atoms with Crippen molar-refractivity contribution in [2.75, 3.05) is 32.1 Å². The summed E-state index contributed by atoms with van der Waals surface area (Å²) in [5.74, 6) is -0.367. The molecule has 0 atom stereocenters. The first-order valence-electron chi connectivity index (χ1n) is 6.01. The highest BCUT2D eigenvalue weighted by Gasteiger charge is 2.28. The molecule has 1 aromatic carbocycles. The predicted octanol–water partition coefficient (Wildman–Crippen LogP) is 0.143. The van der Waals surface area contributed by atoms with Gasteiger partial charge in [-0.05, 0) is 17.7 Å². The second kappa shape index (κ2) is 5.81. The molecular weight excluding hydrogens is 246 g/mol. The number of hydrogen-bond donors (Lipinski definition) is 1. The smallest absolute Gasteiger partial charge is 0.248 e. The normalized spacial score (nSPS) is 16.1. The van der Waals surface area contributed by atoms with Gasteiger partial charge in [0.05, 0.1) is 20.2 Å². The molecule has 1 N–H and O–H groups in total. The van der Waals surface area contributed by atoms with E-state index in [1.807, 2.05) is 24.3 Å². The summed E-state index contributed by atoms with van der Waals surface area (Å²) in [5.41, 5.74) is 4.65. The van der Waals surface area contributed by atoms with Crippen LogP contribution in [0.25, 0.3) is 0 Å². The van der Waals surface area contributed by atoms with Crippen LogP contribution in [0.15, 0.2) is 24.3 Å². The Bertz CT molecular complexity index is 472. The Morgan fingerprint density at radius 2 is 1.95 bits per heavy atom. The van der Waals surface area contributed by atoms with E-state index < -0.39 is 0 Å². The first kappa shape index (κ1) is 13.5. The topological polar surface area (TPSA) is 61.9 Å². The van der Waals surface area contributed by atoms with Gasteiger partial charge in [0.1, 0.15) is 0 Å². The summed E-state index contributed by atoms with van der Waals surface area (Å²) < 4.78 is 0. The zero-order chi connectivity index (χ0) is 13.8. The molecule has 1 heterocycles. The number of benzene rings is 1. The quantitative estimate of drug-likeness (QED) is 0.618. The number of piperazine rings is 1. The highest BCUT2D eigenvalue weighted by molar-refractivity contribution is 6.02. The molecule has 0 spiro atoms. The number of imide groups is 1. The molecule has 0 bridgehead atoms. The van der Waals surface area contributed by atoms with Crippen LogP contribution in [0.5, 0.6) is 0 Å². The highest BCUT2D eigenvalue weighted by atomic mass is 16.6. The summed E-state index contributed by atoms with van der Waals surface area (Å²) in [6, 6.07) is 7.69. The van der Waals surface area contributed by atoms with Gasteiger partial charge in [0.15, 0.2) is 0 Å². The summed E-state index contributed by atoms with van der Waals surface area (Å²) in [6.45, 7) is 1.02. The third-order valence-electron chi connectivity index (χ3n) is 3.10. The lowest BCUT2D eigenvalue weighted by Gasteiger charge is -2.32. The lowest BCUT2D eigenvalue weighted by Crippen LogP contribution is -2.52. The van der Waals surface area contributed by atoms with E-state index in [0.29, 0.717) is 6.54 Å². The minimum atomic E-state index is -0.184. The van der Waals surface area contributed by atoms with Crippen molar-refractivity contribution in [2.24, 2.45) is 0 Å². The average Bonchev–Trinajstić information content (AvgIpc) is 2.42. The summed E-state index contributed by atoms with van der Waals surface area (Å²) >= 11 is 0. The van der Waals surface area contributed by atoms with Gasteiger partial charge >= 0.3 is 0 Å². The van der Waals surface area contributed by atoms with Crippen molar-refractivity contribution in [2.45, 2.75) is 6.54 Å². The van der Waals surface area contributed by atoms with Gasteiger partial charge in [-0.2, -0.15) is 5.48 Å². The van der Waals surface area contributed by atoms with Gasteiger partial charge in [0.25, 0.3) is 0 Å². The van der Waals surface area contributed by atoms with Crippen molar-refractivity contribution in [1.29, 1.82) is 0 Å². The van der Waals surface area contributed by atoms with Crippen molar-refractivity contribution in [1.82, 2.24) is 10.4 Å². The highest BCUT2D eigenvalue weighted by Crippen LogP contribution is 2.18. The van der Waals surface area contributed by atoms with Gasteiger partial charge < -0.3 is 9.74 Å². The minimum Gasteiger partial charge on any atom is -0.353 e. The van der Waals surface area contributed by atoms with E-state index >= 15 is 0 Å². The first-order valence-corrected chi connectivity index (χ1v) is 6.01. The standard InChI is InChI=1S/C13H17N3O3/c1-15-12(17)8-16(9-13(15)18)11-5-3-4-10(6-11)7-14-19-2/h3-6,14H,7-9H2,1-2H3. The van der Waals surface area contributed by atoms with E-state index in [9.17, 15) is 9.59 Å². The summed E-state index contributed by atoms with van der Waals surface area (Å²) in [5, 5.41) is 0. The number of rotatable bonds is 4. The Balaban J connectivity index is 2.13. The largest absolute Gasteiger partial charge is 0.353 e. The minimum absolute atomic E-state index is 0.184. The number of hydrogen-bond acceptors (Lipinski definition) is 5. The van der Waals surface area contributed by atoms with Crippen LogP contribution in [0.3, 0.4) is 0 Å². The maximum atomic E-state index is 11.7. The Morgan fingerprint density at radius 3 is 2.58 bits per heavy atom. The number of nitrogens with one attached hydrogen (secondary N) is 1. The van der Waals surface area contributed by atoms with Gasteiger partial charge in [-0.1, -0.05) is 12.1 Å². The molecule has 0 aliphatic carbocycles. The lowest BCUT2D eigenvalue weighted by molar-refractivity contribution is -0.143. The van der Waals surface area contributed by atoms with E-state index in [0.717, 1.165) is 11.3 Å². The Kier molecular flexibility index (Phi) is 4.13. The SMILES string of the molecule is CONCc1cccc(N2CC(=O)N(C)C(=O)C2)c1. The molecular formula is C13H17N3O3.